The lowest BCUT2D eigenvalue weighted by molar-refractivity contribution is 0.477. The molecule has 0 rings (SSSR count). The molecule has 0 fully saturated rings. The third kappa shape index (κ3) is 7.89. The van der Waals surface area contributed by atoms with E-state index in [0.29, 0.717) is 6.42 Å². The maximum absolute atomic E-state index is 10.4. The van der Waals surface area contributed by atoms with E-state index >= 15 is 0 Å². The molecular weight excluding hydrogens is 137 g/mol. The molecule has 0 aromatic heterocycles. The van der Waals surface area contributed by atoms with Gasteiger partial charge >= 0.3 is 0 Å². The lowest BCUT2D eigenvalue weighted by Crippen LogP contribution is -1.97. The van der Waals surface area contributed by atoms with Crippen molar-refractivity contribution in [2.45, 2.75) is 12.8 Å². The van der Waals surface area contributed by atoms with Gasteiger partial charge in [0.2, 0.25) is 0 Å². The average molecular weight is 149 g/mol. The van der Waals surface area contributed by atoms with E-state index in [1.165, 1.54) is 0 Å². The molecule has 1 atom stereocenters. The van der Waals surface area contributed by atoms with Crippen molar-refractivity contribution in [1.29, 1.82) is 0 Å². The molecular formula is C5H12NO2P. The van der Waals surface area contributed by atoms with E-state index in [4.69, 9.17) is 10.4 Å². The molecule has 0 aromatic rings. The Morgan fingerprint density at radius 1 is 1.78 bits per heavy atom. The molecule has 0 saturated carbocycles. The summed E-state index contributed by atoms with van der Waals surface area (Å²) in [5.41, 5.74) is 4.85. The maximum Gasteiger partial charge on any atom is 0.264 e. The minimum atomic E-state index is -3.24. The molecule has 1 unspecified atom stereocenters. The van der Waals surface area contributed by atoms with Gasteiger partial charge in [-0.25, -0.2) is 0 Å². The predicted octanol–water partition coefficient (Wildman–Crippen LogP) is 1.10. The molecule has 0 aliphatic heterocycles. The molecule has 0 amide bonds. The molecule has 3 nitrogen and oxygen atoms in total. The third-order valence-electron chi connectivity index (χ3n) is 0.887. The van der Waals surface area contributed by atoms with Crippen LogP contribution < -0.4 is 5.50 Å². The molecule has 9 heavy (non-hydrogen) atoms. The zero-order valence-electron chi connectivity index (χ0n) is 5.29. The van der Waals surface area contributed by atoms with Gasteiger partial charge < -0.3 is 4.89 Å². The summed E-state index contributed by atoms with van der Waals surface area (Å²) in [6.07, 6.45) is 3.30. The topological polar surface area (TPSA) is 63.3 Å². The van der Waals surface area contributed by atoms with Gasteiger partial charge in [0, 0.05) is 6.16 Å². The fraction of sp³-hybridized carbons (Fsp3) is 0.600. The van der Waals surface area contributed by atoms with Crippen molar-refractivity contribution in [1.82, 2.24) is 0 Å². The van der Waals surface area contributed by atoms with Gasteiger partial charge in [0.25, 0.3) is 7.52 Å². The van der Waals surface area contributed by atoms with E-state index in [9.17, 15) is 4.57 Å². The van der Waals surface area contributed by atoms with Crippen molar-refractivity contribution in [2.24, 2.45) is 5.50 Å². The van der Waals surface area contributed by atoms with Crippen molar-refractivity contribution < 1.29 is 9.46 Å². The predicted molar refractivity (Wildman–Crippen MR) is 38.3 cm³/mol. The Labute approximate surface area is 55.1 Å². The maximum atomic E-state index is 10.4. The van der Waals surface area contributed by atoms with Crippen molar-refractivity contribution in [2.75, 3.05) is 6.16 Å². The standard InChI is InChI=1S/C5H12NO2P/c1-2-3-4-5-9(6,7)8/h2H,1,3-5H2,(H3,6,7,8). The van der Waals surface area contributed by atoms with Gasteiger partial charge in [-0.2, -0.15) is 0 Å². The molecule has 0 saturated heterocycles. The summed E-state index contributed by atoms with van der Waals surface area (Å²) in [7, 11) is -3.24. The van der Waals surface area contributed by atoms with Crippen molar-refractivity contribution >= 4 is 7.52 Å². The highest BCUT2D eigenvalue weighted by Gasteiger charge is 2.07. The lowest BCUT2D eigenvalue weighted by atomic mass is 10.3. The fourth-order valence-corrected chi connectivity index (χ4v) is 1.10. The van der Waals surface area contributed by atoms with Crippen LogP contribution in [-0.4, -0.2) is 11.1 Å². The van der Waals surface area contributed by atoms with Gasteiger partial charge in [0.05, 0.1) is 0 Å². The SMILES string of the molecule is C=CCCCP(N)(=O)O. The summed E-state index contributed by atoms with van der Waals surface area (Å²) < 4.78 is 10.4. The van der Waals surface area contributed by atoms with Crippen molar-refractivity contribution in [3.63, 3.8) is 0 Å². The molecule has 0 spiro atoms. The number of hydrogen-bond acceptors (Lipinski definition) is 1. The van der Waals surface area contributed by atoms with Gasteiger partial charge in [0.1, 0.15) is 0 Å². The van der Waals surface area contributed by atoms with Gasteiger partial charge in [-0.15, -0.1) is 6.58 Å². The third-order valence-corrected chi connectivity index (χ3v) is 1.84. The Balaban J connectivity index is 3.28. The van der Waals surface area contributed by atoms with Crippen molar-refractivity contribution in [3.05, 3.63) is 12.7 Å². The Kier molecular flexibility index (Phi) is 3.78. The van der Waals surface area contributed by atoms with E-state index in [0.717, 1.165) is 6.42 Å². The number of unbranched alkanes of at least 4 members (excludes halogenated alkanes) is 1. The Morgan fingerprint density at radius 2 is 2.33 bits per heavy atom. The molecule has 0 heterocycles. The van der Waals surface area contributed by atoms with E-state index in [-0.39, 0.29) is 6.16 Å². The first-order valence-electron chi connectivity index (χ1n) is 2.77. The van der Waals surface area contributed by atoms with Gasteiger partial charge in [-0.3, -0.25) is 10.1 Å². The van der Waals surface area contributed by atoms with E-state index in [2.05, 4.69) is 6.58 Å². The van der Waals surface area contributed by atoms with Gasteiger partial charge in [-0.05, 0) is 12.8 Å². The van der Waals surface area contributed by atoms with E-state index in [1.807, 2.05) is 0 Å². The van der Waals surface area contributed by atoms with Crippen LogP contribution in [0.15, 0.2) is 12.7 Å². The number of rotatable bonds is 4. The number of hydrogen-bond donors (Lipinski definition) is 2. The van der Waals surface area contributed by atoms with Crippen LogP contribution in [0.2, 0.25) is 0 Å². The molecule has 0 radical (unpaired) electrons. The zero-order chi connectivity index (χ0) is 7.33. The number of nitrogens with two attached hydrogens (primary N) is 1. The van der Waals surface area contributed by atoms with Crippen LogP contribution in [0.25, 0.3) is 0 Å². The van der Waals surface area contributed by atoms with Crippen LogP contribution in [0, 0.1) is 0 Å². The quantitative estimate of drug-likeness (QED) is 0.357. The highest BCUT2D eigenvalue weighted by molar-refractivity contribution is 7.55. The molecule has 3 N–H and O–H groups in total. The fourth-order valence-electron chi connectivity index (χ4n) is 0.462. The molecule has 0 aliphatic carbocycles. The summed E-state index contributed by atoms with van der Waals surface area (Å²) in [5, 5.41) is 0. The second-order valence-corrected chi connectivity index (χ2v) is 3.87. The summed E-state index contributed by atoms with van der Waals surface area (Å²) in [6.45, 7) is 3.47. The Hall–Kier alpha value is -0.110. The summed E-state index contributed by atoms with van der Waals surface area (Å²) in [4.78, 5) is 8.54. The number of allylic oxidation sites excluding steroid dienone is 1. The minimum absolute atomic E-state index is 0.193. The van der Waals surface area contributed by atoms with Crippen LogP contribution >= 0.6 is 7.52 Å². The molecule has 4 heteroatoms. The molecule has 0 aliphatic rings. The summed E-state index contributed by atoms with van der Waals surface area (Å²) >= 11 is 0. The second-order valence-electron chi connectivity index (χ2n) is 1.91. The lowest BCUT2D eigenvalue weighted by Gasteiger charge is -2.00. The molecule has 54 valence electrons. The monoisotopic (exact) mass is 149 g/mol. The van der Waals surface area contributed by atoms with Crippen LogP contribution in [-0.2, 0) is 4.57 Å². The largest absolute Gasteiger partial charge is 0.333 e. The van der Waals surface area contributed by atoms with Gasteiger partial charge in [-0.1, -0.05) is 6.08 Å². The van der Waals surface area contributed by atoms with Crippen LogP contribution in [0.3, 0.4) is 0 Å². The first-order chi connectivity index (χ1) is 4.06. The minimum Gasteiger partial charge on any atom is -0.333 e. The first-order valence-corrected chi connectivity index (χ1v) is 4.69. The summed E-state index contributed by atoms with van der Waals surface area (Å²) in [6, 6.07) is 0. The highest BCUT2D eigenvalue weighted by atomic mass is 31.2. The smallest absolute Gasteiger partial charge is 0.264 e. The van der Waals surface area contributed by atoms with Crippen LogP contribution in [0.5, 0.6) is 0 Å². The Bertz CT molecular complexity index is 129. The first kappa shape index (κ1) is 8.89. The van der Waals surface area contributed by atoms with Crippen LogP contribution in [0.4, 0.5) is 0 Å². The average Bonchev–Trinajstić information content (AvgIpc) is 1.63. The van der Waals surface area contributed by atoms with Crippen LogP contribution in [0.1, 0.15) is 12.8 Å². The normalized spacial score (nSPS) is 16.7. The summed E-state index contributed by atoms with van der Waals surface area (Å²) in [5.74, 6) is 0. The zero-order valence-corrected chi connectivity index (χ0v) is 6.18. The molecule has 0 bridgehead atoms. The highest BCUT2D eigenvalue weighted by Crippen LogP contribution is 2.30. The Morgan fingerprint density at radius 3 is 2.67 bits per heavy atom. The molecule has 0 aromatic carbocycles. The van der Waals surface area contributed by atoms with E-state index < -0.39 is 7.52 Å². The second kappa shape index (κ2) is 3.83. The van der Waals surface area contributed by atoms with Crippen molar-refractivity contribution in [3.8, 4) is 0 Å². The van der Waals surface area contributed by atoms with E-state index in [1.54, 1.807) is 6.08 Å². The van der Waals surface area contributed by atoms with Gasteiger partial charge in [0.15, 0.2) is 0 Å².